The van der Waals surface area contributed by atoms with Gasteiger partial charge in [-0.2, -0.15) is 12.6 Å². The average Bonchev–Trinajstić information content (AvgIpc) is 2.01. The molecule has 0 spiro atoms. The van der Waals surface area contributed by atoms with E-state index < -0.39 is 18.3 Å². The van der Waals surface area contributed by atoms with Crippen molar-refractivity contribution in [1.29, 1.82) is 0 Å². The summed E-state index contributed by atoms with van der Waals surface area (Å²) in [6.45, 7) is -0.0225. The van der Waals surface area contributed by atoms with Crippen LogP contribution in [0.1, 0.15) is 0 Å². The molecule has 0 aromatic carbocycles. The molecule has 66 valence electrons. The van der Waals surface area contributed by atoms with Crippen LogP contribution in [0.2, 0.25) is 0 Å². The molecule has 0 saturated carbocycles. The molecule has 1 fully saturated rings. The summed E-state index contributed by atoms with van der Waals surface area (Å²) in [6, 6.07) is 0. The van der Waals surface area contributed by atoms with Gasteiger partial charge in [0, 0.05) is 0 Å². The molecule has 4 atom stereocenters. The van der Waals surface area contributed by atoms with E-state index in [1.807, 2.05) is 0 Å². The summed E-state index contributed by atoms with van der Waals surface area (Å²) in [6.07, 6.45) is -2.62. The highest BCUT2D eigenvalue weighted by molar-refractivity contribution is 7.81. The van der Waals surface area contributed by atoms with Crippen molar-refractivity contribution in [2.45, 2.75) is 23.6 Å². The van der Waals surface area contributed by atoms with Crippen LogP contribution in [0.25, 0.3) is 0 Å². The molecule has 0 aliphatic carbocycles. The van der Waals surface area contributed by atoms with Gasteiger partial charge in [-0.15, -0.1) is 0 Å². The Hall–Kier alpha value is 0.190. The van der Waals surface area contributed by atoms with Gasteiger partial charge in [-0.25, -0.2) is 0 Å². The molecule has 11 heavy (non-hydrogen) atoms. The summed E-state index contributed by atoms with van der Waals surface area (Å²) in [4.78, 5) is 0. The lowest BCUT2D eigenvalue weighted by atomic mass is 10.0. The summed E-state index contributed by atoms with van der Waals surface area (Å²) in [5.74, 6) is 0. The third-order valence-corrected chi connectivity index (χ3v) is 2.24. The maximum atomic E-state index is 9.23. The second-order valence-electron chi connectivity index (χ2n) is 2.60. The summed E-state index contributed by atoms with van der Waals surface area (Å²) in [7, 11) is 0. The van der Waals surface area contributed by atoms with Gasteiger partial charge in [-0.1, -0.05) is 0 Å². The van der Waals surface area contributed by atoms with Crippen LogP contribution in [-0.4, -0.2) is 52.1 Å². The van der Waals surface area contributed by atoms with E-state index >= 15 is 0 Å². The number of hydrogen-bond donors (Lipinski definition) is 4. The van der Waals surface area contributed by atoms with Gasteiger partial charge in [0.05, 0.1) is 24.6 Å². The van der Waals surface area contributed by atoms with Crippen LogP contribution in [-0.2, 0) is 4.74 Å². The molecule has 0 bridgehead atoms. The highest BCUT2D eigenvalue weighted by Crippen LogP contribution is 2.18. The summed E-state index contributed by atoms with van der Waals surface area (Å²) in [5.41, 5.74) is 0. The van der Waals surface area contributed by atoms with Crippen molar-refractivity contribution in [1.82, 2.24) is 0 Å². The van der Waals surface area contributed by atoms with Gasteiger partial charge >= 0.3 is 0 Å². The molecule has 0 unspecified atom stereocenters. The molecular formula is C6H12O4S. The Labute approximate surface area is 70.2 Å². The highest BCUT2D eigenvalue weighted by atomic mass is 32.1. The lowest BCUT2D eigenvalue weighted by Gasteiger charge is -2.34. The first-order valence-electron chi connectivity index (χ1n) is 3.43. The zero-order valence-electron chi connectivity index (χ0n) is 5.92. The van der Waals surface area contributed by atoms with E-state index in [0.29, 0.717) is 0 Å². The number of aliphatic hydroxyl groups excluding tert-OH is 3. The first-order valence-corrected chi connectivity index (χ1v) is 3.95. The number of thiol groups is 1. The first kappa shape index (κ1) is 9.28. The topological polar surface area (TPSA) is 69.9 Å². The summed E-state index contributed by atoms with van der Waals surface area (Å²) in [5, 5.41) is 26.7. The molecule has 1 aliphatic rings. The Morgan fingerprint density at radius 2 is 2.00 bits per heavy atom. The second kappa shape index (κ2) is 3.73. The molecule has 5 heteroatoms. The van der Waals surface area contributed by atoms with Crippen molar-refractivity contribution in [2.24, 2.45) is 0 Å². The first-order chi connectivity index (χ1) is 5.16. The van der Waals surface area contributed by atoms with Crippen molar-refractivity contribution < 1.29 is 20.1 Å². The molecule has 1 saturated heterocycles. The van der Waals surface area contributed by atoms with Gasteiger partial charge in [-0.05, 0) is 0 Å². The highest BCUT2D eigenvalue weighted by Gasteiger charge is 2.35. The lowest BCUT2D eigenvalue weighted by molar-refractivity contribution is -0.143. The van der Waals surface area contributed by atoms with Crippen molar-refractivity contribution in [3.63, 3.8) is 0 Å². The van der Waals surface area contributed by atoms with Gasteiger partial charge < -0.3 is 20.1 Å². The molecule has 0 amide bonds. The summed E-state index contributed by atoms with van der Waals surface area (Å²) >= 11 is 3.98. The van der Waals surface area contributed by atoms with Crippen LogP contribution in [0.5, 0.6) is 0 Å². The largest absolute Gasteiger partial charge is 0.394 e. The van der Waals surface area contributed by atoms with E-state index in [1.54, 1.807) is 0 Å². The maximum Gasteiger partial charge on any atom is 0.109 e. The molecule has 0 aromatic heterocycles. The molecule has 1 heterocycles. The van der Waals surface area contributed by atoms with E-state index in [-0.39, 0.29) is 18.5 Å². The molecular weight excluding hydrogens is 168 g/mol. The Balaban J connectivity index is 2.52. The molecule has 1 rings (SSSR count). The van der Waals surface area contributed by atoms with E-state index in [4.69, 9.17) is 9.84 Å². The third kappa shape index (κ3) is 1.86. The minimum Gasteiger partial charge on any atom is -0.394 e. The van der Waals surface area contributed by atoms with Gasteiger partial charge in [0.1, 0.15) is 12.2 Å². The predicted molar refractivity (Wildman–Crippen MR) is 41.6 cm³/mol. The van der Waals surface area contributed by atoms with Gasteiger partial charge in [0.25, 0.3) is 0 Å². The van der Waals surface area contributed by atoms with E-state index in [1.165, 1.54) is 0 Å². The van der Waals surface area contributed by atoms with Gasteiger partial charge in [-0.3, -0.25) is 0 Å². The number of hydrogen-bond acceptors (Lipinski definition) is 5. The van der Waals surface area contributed by atoms with Crippen LogP contribution in [0, 0.1) is 0 Å². The van der Waals surface area contributed by atoms with Crippen molar-refractivity contribution in [3.8, 4) is 0 Å². The van der Waals surface area contributed by atoms with Crippen molar-refractivity contribution >= 4 is 12.6 Å². The van der Waals surface area contributed by atoms with Gasteiger partial charge in [0.2, 0.25) is 0 Å². The van der Waals surface area contributed by atoms with Crippen molar-refractivity contribution in [3.05, 3.63) is 0 Å². The Morgan fingerprint density at radius 3 is 2.55 bits per heavy atom. The Morgan fingerprint density at radius 1 is 1.36 bits per heavy atom. The molecule has 1 aliphatic heterocycles. The van der Waals surface area contributed by atoms with Crippen LogP contribution in [0.4, 0.5) is 0 Å². The predicted octanol–water partition coefficient (Wildman–Crippen LogP) is -1.60. The molecule has 0 radical (unpaired) electrons. The molecule has 4 nitrogen and oxygen atoms in total. The minimum absolute atomic E-state index is 0.257. The fourth-order valence-electron chi connectivity index (χ4n) is 1.03. The second-order valence-corrected chi connectivity index (χ2v) is 3.27. The SMILES string of the molecule is OC[C@H]1OC[C@@H](S)[C@@H](O)[C@H]1O. The van der Waals surface area contributed by atoms with E-state index in [2.05, 4.69) is 12.6 Å². The van der Waals surface area contributed by atoms with Crippen LogP contribution < -0.4 is 0 Å². The van der Waals surface area contributed by atoms with E-state index in [9.17, 15) is 10.2 Å². The number of ether oxygens (including phenoxy) is 1. The third-order valence-electron chi connectivity index (χ3n) is 1.79. The van der Waals surface area contributed by atoms with E-state index in [0.717, 1.165) is 0 Å². The molecule has 0 aromatic rings. The monoisotopic (exact) mass is 180 g/mol. The number of aliphatic hydroxyl groups is 3. The minimum atomic E-state index is -1.03. The fourth-order valence-corrected chi connectivity index (χ4v) is 1.29. The van der Waals surface area contributed by atoms with Crippen molar-refractivity contribution in [2.75, 3.05) is 13.2 Å². The zero-order chi connectivity index (χ0) is 8.43. The van der Waals surface area contributed by atoms with Crippen LogP contribution >= 0.6 is 12.6 Å². The van der Waals surface area contributed by atoms with Crippen LogP contribution in [0.15, 0.2) is 0 Å². The average molecular weight is 180 g/mol. The van der Waals surface area contributed by atoms with Gasteiger partial charge in [0.15, 0.2) is 0 Å². The van der Waals surface area contributed by atoms with Crippen LogP contribution in [0.3, 0.4) is 0 Å². The molecule has 3 N–H and O–H groups in total. The standard InChI is InChI=1S/C6H12O4S/c7-1-3-5(8)6(9)4(11)2-10-3/h3-9,11H,1-2H2/t3-,4-,5+,6-/m1/s1. The zero-order valence-corrected chi connectivity index (χ0v) is 6.82. The fraction of sp³-hybridized carbons (Fsp3) is 1.00. The lowest BCUT2D eigenvalue weighted by Crippen LogP contribution is -2.52. The summed E-state index contributed by atoms with van der Waals surface area (Å²) < 4.78 is 4.99. The maximum absolute atomic E-state index is 9.23. The Bertz CT molecular complexity index is 130. The normalized spacial score (nSPS) is 45.8. The smallest absolute Gasteiger partial charge is 0.109 e. The quantitative estimate of drug-likeness (QED) is 0.367. The number of rotatable bonds is 1. The Kier molecular flexibility index (Phi) is 3.15.